The van der Waals surface area contributed by atoms with Crippen molar-refractivity contribution in [1.82, 2.24) is 0 Å². The lowest BCUT2D eigenvalue weighted by molar-refractivity contribution is -0.137. The lowest BCUT2D eigenvalue weighted by atomic mass is 10.1. The molecule has 2 aromatic rings. The highest BCUT2D eigenvalue weighted by Gasteiger charge is 2.30. The second kappa shape index (κ2) is 6.25. The Balaban J connectivity index is 1.88. The van der Waals surface area contributed by atoms with E-state index in [4.69, 9.17) is 4.74 Å². The van der Waals surface area contributed by atoms with Gasteiger partial charge in [-0.15, -0.1) is 0 Å². The maximum absolute atomic E-state index is 12.7. The van der Waals surface area contributed by atoms with Crippen molar-refractivity contribution in [3.63, 3.8) is 0 Å². The minimum absolute atomic E-state index is 0.195. The number of hydrogen-bond donors (Lipinski definition) is 0. The molecule has 120 valence electrons. The van der Waals surface area contributed by atoms with Crippen molar-refractivity contribution in [2.45, 2.75) is 6.18 Å². The van der Waals surface area contributed by atoms with Crippen molar-refractivity contribution in [2.75, 3.05) is 6.61 Å². The van der Waals surface area contributed by atoms with E-state index in [0.717, 1.165) is 24.0 Å². The van der Waals surface area contributed by atoms with Crippen LogP contribution in [0.15, 0.2) is 48.0 Å². The number of benzene rings is 2. The molecule has 0 atom stereocenters. The molecule has 2 aromatic carbocycles. The maximum atomic E-state index is 12.7. The molecule has 1 aliphatic rings. The van der Waals surface area contributed by atoms with Crippen LogP contribution in [0.1, 0.15) is 22.3 Å². The second-order valence-corrected chi connectivity index (χ2v) is 5.21. The minimum Gasteiger partial charge on any atom is -0.488 e. The van der Waals surface area contributed by atoms with Crippen molar-refractivity contribution in [3.05, 3.63) is 70.3 Å². The number of carbonyl (C=O) groups excluding carboxylic acids is 1. The van der Waals surface area contributed by atoms with Crippen LogP contribution in [-0.2, 0) is 11.0 Å². The zero-order valence-electron chi connectivity index (χ0n) is 12.4. The normalized spacial score (nSPS) is 13.0. The van der Waals surface area contributed by atoms with Gasteiger partial charge >= 0.3 is 6.18 Å². The first-order chi connectivity index (χ1) is 11.5. The van der Waals surface area contributed by atoms with Crippen LogP contribution in [0, 0.1) is 11.8 Å². The number of rotatable bonds is 1. The number of aldehydes is 1. The topological polar surface area (TPSA) is 26.3 Å². The standard InChI is InChI=1S/C19H11F3O2/c20-19(21,22)17-3-1-2-13(9-17)4-5-14-6-7-16-8-15(11-23)12-24-18(16)10-14/h1-3,6-11H,12H2. The van der Waals surface area contributed by atoms with E-state index in [1.54, 1.807) is 24.3 Å². The molecule has 0 saturated heterocycles. The number of carbonyl (C=O) groups is 1. The molecule has 2 nitrogen and oxygen atoms in total. The van der Waals surface area contributed by atoms with E-state index < -0.39 is 11.7 Å². The van der Waals surface area contributed by atoms with Crippen molar-refractivity contribution in [1.29, 1.82) is 0 Å². The fourth-order valence-electron chi connectivity index (χ4n) is 2.24. The quantitative estimate of drug-likeness (QED) is 0.582. The molecule has 3 rings (SSSR count). The van der Waals surface area contributed by atoms with Crippen LogP contribution >= 0.6 is 0 Å². The number of alkyl halides is 3. The third kappa shape index (κ3) is 3.49. The molecule has 1 heterocycles. The van der Waals surface area contributed by atoms with Crippen LogP contribution in [0.5, 0.6) is 5.75 Å². The monoisotopic (exact) mass is 328 g/mol. The maximum Gasteiger partial charge on any atom is 0.416 e. The van der Waals surface area contributed by atoms with E-state index in [-0.39, 0.29) is 12.2 Å². The molecule has 0 amide bonds. The summed E-state index contributed by atoms with van der Waals surface area (Å²) in [5.74, 6) is 6.14. The molecule has 1 aliphatic heterocycles. The second-order valence-electron chi connectivity index (χ2n) is 5.21. The van der Waals surface area contributed by atoms with Crippen molar-refractivity contribution >= 4 is 12.4 Å². The summed E-state index contributed by atoms with van der Waals surface area (Å²) in [6, 6.07) is 10.1. The predicted molar refractivity (Wildman–Crippen MR) is 83.4 cm³/mol. The van der Waals surface area contributed by atoms with Crippen molar-refractivity contribution in [3.8, 4) is 17.6 Å². The molecule has 5 heteroatoms. The molecule has 0 aliphatic carbocycles. The fourth-order valence-corrected chi connectivity index (χ4v) is 2.24. The Kier molecular flexibility index (Phi) is 4.13. The van der Waals surface area contributed by atoms with Gasteiger partial charge in [0.1, 0.15) is 18.6 Å². The van der Waals surface area contributed by atoms with Crippen LogP contribution in [0.4, 0.5) is 13.2 Å². The molecular weight excluding hydrogens is 317 g/mol. The van der Waals surface area contributed by atoms with Gasteiger partial charge in [0.15, 0.2) is 0 Å². The first-order valence-electron chi connectivity index (χ1n) is 7.07. The highest BCUT2D eigenvalue weighted by Crippen LogP contribution is 2.29. The van der Waals surface area contributed by atoms with Gasteiger partial charge in [0.25, 0.3) is 0 Å². The zero-order valence-corrected chi connectivity index (χ0v) is 12.4. The van der Waals surface area contributed by atoms with E-state index in [0.29, 0.717) is 16.9 Å². The highest BCUT2D eigenvalue weighted by molar-refractivity contribution is 5.84. The van der Waals surface area contributed by atoms with E-state index in [9.17, 15) is 18.0 Å². The summed E-state index contributed by atoms with van der Waals surface area (Å²) in [5, 5.41) is 0. The smallest absolute Gasteiger partial charge is 0.416 e. The van der Waals surface area contributed by atoms with Crippen LogP contribution in [0.2, 0.25) is 0 Å². The van der Waals surface area contributed by atoms with Gasteiger partial charge in [0.05, 0.1) is 5.56 Å². The Bertz CT molecular complexity index is 883. The van der Waals surface area contributed by atoms with E-state index in [1.165, 1.54) is 12.1 Å². The van der Waals surface area contributed by atoms with Gasteiger partial charge in [0.2, 0.25) is 0 Å². The largest absolute Gasteiger partial charge is 0.488 e. The molecule has 24 heavy (non-hydrogen) atoms. The summed E-state index contributed by atoms with van der Waals surface area (Å²) < 4.78 is 43.5. The summed E-state index contributed by atoms with van der Waals surface area (Å²) in [6.45, 7) is 0.195. The zero-order chi connectivity index (χ0) is 17.2. The third-order valence-electron chi connectivity index (χ3n) is 3.44. The molecule has 0 spiro atoms. The molecule has 0 N–H and O–H groups in total. The van der Waals surface area contributed by atoms with Crippen LogP contribution in [-0.4, -0.2) is 12.9 Å². The Morgan fingerprint density at radius 2 is 1.79 bits per heavy atom. The molecule has 0 radical (unpaired) electrons. The highest BCUT2D eigenvalue weighted by atomic mass is 19.4. The molecule has 0 saturated carbocycles. The van der Waals surface area contributed by atoms with Gasteiger partial charge in [-0.2, -0.15) is 13.2 Å². The van der Waals surface area contributed by atoms with Gasteiger partial charge in [0, 0.05) is 22.3 Å². The van der Waals surface area contributed by atoms with Crippen molar-refractivity contribution < 1.29 is 22.7 Å². The average molecular weight is 328 g/mol. The summed E-state index contributed by atoms with van der Waals surface area (Å²) in [7, 11) is 0. The number of halogens is 3. The molecule has 0 unspecified atom stereocenters. The average Bonchev–Trinajstić information content (AvgIpc) is 2.59. The fraction of sp³-hybridized carbons (Fsp3) is 0.105. The Labute approximate surface area is 136 Å². The number of fused-ring (bicyclic) bond motifs is 1. The minimum atomic E-state index is -4.39. The van der Waals surface area contributed by atoms with E-state index in [1.807, 2.05) is 0 Å². The lowest BCUT2D eigenvalue weighted by Gasteiger charge is -2.15. The summed E-state index contributed by atoms with van der Waals surface area (Å²) in [5.41, 5.74) is 1.49. The first kappa shape index (κ1) is 15.9. The molecular formula is C19H11F3O2. The predicted octanol–water partition coefficient (Wildman–Crippen LogP) is 4.08. The Morgan fingerprint density at radius 1 is 1.04 bits per heavy atom. The number of hydrogen-bond acceptors (Lipinski definition) is 2. The van der Waals surface area contributed by atoms with Gasteiger partial charge in [-0.1, -0.05) is 24.0 Å². The third-order valence-corrected chi connectivity index (χ3v) is 3.44. The summed E-state index contributed by atoms with van der Waals surface area (Å²) in [4.78, 5) is 10.7. The Hall–Kier alpha value is -3.00. The first-order valence-corrected chi connectivity index (χ1v) is 7.07. The van der Waals surface area contributed by atoms with Gasteiger partial charge in [-0.3, -0.25) is 4.79 Å². The Morgan fingerprint density at radius 3 is 2.50 bits per heavy atom. The van der Waals surface area contributed by atoms with E-state index in [2.05, 4.69) is 11.8 Å². The van der Waals surface area contributed by atoms with Crippen molar-refractivity contribution in [2.24, 2.45) is 0 Å². The van der Waals surface area contributed by atoms with Gasteiger partial charge in [-0.05, 0) is 36.4 Å². The molecule has 0 bridgehead atoms. The summed E-state index contributed by atoms with van der Waals surface area (Å²) in [6.07, 6.45) is -1.92. The number of ether oxygens (including phenoxy) is 1. The van der Waals surface area contributed by atoms with Crippen LogP contribution in [0.3, 0.4) is 0 Å². The van der Waals surface area contributed by atoms with Crippen LogP contribution in [0.25, 0.3) is 6.08 Å². The molecule has 0 aromatic heterocycles. The van der Waals surface area contributed by atoms with Crippen LogP contribution < -0.4 is 4.74 Å². The van der Waals surface area contributed by atoms with E-state index >= 15 is 0 Å². The summed E-state index contributed by atoms with van der Waals surface area (Å²) >= 11 is 0. The molecule has 0 fully saturated rings. The SMILES string of the molecule is O=CC1=Cc2ccc(C#Cc3cccc(C(F)(F)F)c3)cc2OC1. The van der Waals surface area contributed by atoms with Gasteiger partial charge in [-0.25, -0.2) is 0 Å². The lowest BCUT2D eigenvalue weighted by Crippen LogP contribution is -2.08. The van der Waals surface area contributed by atoms with Gasteiger partial charge < -0.3 is 4.74 Å².